The first-order chi connectivity index (χ1) is 11.1. The molecule has 2 amide bonds. The van der Waals surface area contributed by atoms with Gasteiger partial charge in [0.15, 0.2) is 0 Å². The predicted octanol–water partition coefficient (Wildman–Crippen LogP) is 3.61. The van der Waals surface area contributed by atoms with Crippen molar-refractivity contribution in [2.75, 3.05) is 16.9 Å². The summed E-state index contributed by atoms with van der Waals surface area (Å²) in [6.07, 6.45) is 0.350. The van der Waals surface area contributed by atoms with E-state index in [0.29, 0.717) is 17.9 Å². The maximum atomic E-state index is 13.4. The predicted molar refractivity (Wildman–Crippen MR) is 96.6 cm³/mol. The van der Waals surface area contributed by atoms with Gasteiger partial charge in [0, 0.05) is 12.0 Å². The smallest absolute Gasteiger partial charge is 0.251 e. The molecule has 24 heavy (non-hydrogen) atoms. The van der Waals surface area contributed by atoms with Crippen LogP contribution in [0.2, 0.25) is 0 Å². The van der Waals surface area contributed by atoms with Crippen molar-refractivity contribution in [3.63, 3.8) is 0 Å². The van der Waals surface area contributed by atoms with Crippen LogP contribution in [0.5, 0.6) is 5.75 Å². The van der Waals surface area contributed by atoms with E-state index >= 15 is 0 Å². The van der Waals surface area contributed by atoms with Gasteiger partial charge in [0.2, 0.25) is 5.91 Å². The summed E-state index contributed by atoms with van der Waals surface area (Å²) in [5.41, 5.74) is 1.00. The number of para-hydroxylation sites is 1. The van der Waals surface area contributed by atoms with Crippen LogP contribution in [0.25, 0.3) is 0 Å². The summed E-state index contributed by atoms with van der Waals surface area (Å²) in [7, 11) is 1.58. The Labute approximate surface area is 144 Å². The zero-order valence-electron chi connectivity index (χ0n) is 15.7. The fourth-order valence-corrected chi connectivity index (χ4v) is 3.31. The van der Waals surface area contributed by atoms with Crippen LogP contribution in [0.4, 0.5) is 11.4 Å². The number of ether oxygens (including phenoxy) is 1. The fraction of sp³-hybridized carbons (Fsp3) is 0.579. The SMILES string of the molecule is CCC(=O)N1c2cccc(OC)c2N(C(C)(C)C)C(=O)C1C(C)C. The lowest BCUT2D eigenvalue weighted by Crippen LogP contribution is -2.62. The first-order valence-corrected chi connectivity index (χ1v) is 8.48. The van der Waals surface area contributed by atoms with Gasteiger partial charge in [-0.05, 0) is 38.8 Å². The van der Waals surface area contributed by atoms with Crippen LogP contribution < -0.4 is 14.5 Å². The van der Waals surface area contributed by atoms with Crippen molar-refractivity contribution in [2.24, 2.45) is 5.92 Å². The van der Waals surface area contributed by atoms with E-state index in [9.17, 15) is 9.59 Å². The normalized spacial score (nSPS) is 18.0. The standard InChI is InChI=1S/C19H28N2O3/c1-8-15(22)20-13-10-9-11-14(24-7)17(13)21(19(4,5)6)18(23)16(20)12(2)3/h9-12,16H,8H2,1-7H3. The van der Waals surface area contributed by atoms with Gasteiger partial charge in [-0.15, -0.1) is 0 Å². The van der Waals surface area contributed by atoms with Crippen molar-refractivity contribution >= 4 is 23.2 Å². The van der Waals surface area contributed by atoms with Crippen LogP contribution in [0.15, 0.2) is 18.2 Å². The molecule has 1 aliphatic heterocycles. The summed E-state index contributed by atoms with van der Waals surface area (Å²) >= 11 is 0. The zero-order chi connectivity index (χ0) is 18.2. The van der Waals surface area contributed by atoms with E-state index in [1.807, 2.05) is 59.7 Å². The van der Waals surface area contributed by atoms with E-state index in [-0.39, 0.29) is 17.7 Å². The number of methoxy groups -OCH3 is 1. The fourth-order valence-electron chi connectivity index (χ4n) is 3.31. The number of carbonyl (C=O) groups is 2. The summed E-state index contributed by atoms with van der Waals surface area (Å²) < 4.78 is 5.51. The van der Waals surface area contributed by atoms with Gasteiger partial charge in [-0.3, -0.25) is 14.5 Å². The van der Waals surface area contributed by atoms with Gasteiger partial charge in [0.25, 0.3) is 5.91 Å². The second-order valence-corrected chi connectivity index (χ2v) is 7.48. The maximum Gasteiger partial charge on any atom is 0.251 e. The Kier molecular flexibility index (Phi) is 4.92. The van der Waals surface area contributed by atoms with Crippen molar-refractivity contribution in [3.8, 4) is 5.75 Å². The number of hydrogen-bond acceptors (Lipinski definition) is 3. The molecular weight excluding hydrogens is 304 g/mol. The number of benzene rings is 1. The molecule has 2 rings (SSSR count). The van der Waals surface area contributed by atoms with Gasteiger partial charge in [0.1, 0.15) is 17.5 Å². The number of hydrogen-bond donors (Lipinski definition) is 0. The minimum absolute atomic E-state index is 0.0113. The third-order valence-corrected chi connectivity index (χ3v) is 4.31. The minimum Gasteiger partial charge on any atom is -0.494 e. The van der Waals surface area contributed by atoms with Crippen LogP contribution >= 0.6 is 0 Å². The Hall–Kier alpha value is -2.04. The molecule has 0 fully saturated rings. The second-order valence-electron chi connectivity index (χ2n) is 7.48. The van der Waals surface area contributed by atoms with E-state index in [0.717, 1.165) is 5.69 Å². The lowest BCUT2D eigenvalue weighted by Gasteiger charge is -2.48. The first-order valence-electron chi connectivity index (χ1n) is 8.48. The van der Waals surface area contributed by atoms with Crippen LogP contribution in [0.1, 0.15) is 48.0 Å². The van der Waals surface area contributed by atoms with Gasteiger partial charge in [-0.25, -0.2) is 0 Å². The molecule has 1 unspecified atom stereocenters. The number of fused-ring (bicyclic) bond motifs is 1. The Balaban J connectivity index is 2.81. The molecule has 1 aliphatic rings. The Bertz CT molecular complexity index is 647. The Morgan fingerprint density at radius 2 is 1.92 bits per heavy atom. The molecule has 1 aromatic carbocycles. The van der Waals surface area contributed by atoms with Crippen molar-refractivity contribution < 1.29 is 14.3 Å². The summed E-state index contributed by atoms with van der Waals surface area (Å²) in [6, 6.07) is 5.08. The van der Waals surface area contributed by atoms with Gasteiger partial charge < -0.3 is 9.64 Å². The van der Waals surface area contributed by atoms with Crippen LogP contribution in [0, 0.1) is 5.92 Å². The highest BCUT2D eigenvalue weighted by atomic mass is 16.5. The lowest BCUT2D eigenvalue weighted by atomic mass is 9.91. The van der Waals surface area contributed by atoms with Crippen molar-refractivity contribution in [1.29, 1.82) is 0 Å². The topological polar surface area (TPSA) is 49.9 Å². The third-order valence-electron chi connectivity index (χ3n) is 4.31. The maximum absolute atomic E-state index is 13.4. The molecule has 0 aliphatic carbocycles. The third kappa shape index (κ3) is 2.87. The van der Waals surface area contributed by atoms with Crippen molar-refractivity contribution in [3.05, 3.63) is 18.2 Å². The molecular formula is C19H28N2O3. The molecule has 0 radical (unpaired) electrons. The Morgan fingerprint density at radius 1 is 1.29 bits per heavy atom. The summed E-state index contributed by atoms with van der Waals surface area (Å²) in [6.45, 7) is 11.8. The summed E-state index contributed by atoms with van der Waals surface area (Å²) in [5, 5.41) is 0. The second kappa shape index (κ2) is 6.46. The molecule has 5 nitrogen and oxygen atoms in total. The van der Waals surface area contributed by atoms with Crippen LogP contribution in [-0.2, 0) is 9.59 Å². The first kappa shape index (κ1) is 18.3. The Morgan fingerprint density at radius 3 is 2.38 bits per heavy atom. The number of nitrogens with zero attached hydrogens (tertiary/aromatic N) is 2. The van der Waals surface area contributed by atoms with Crippen molar-refractivity contribution in [1.82, 2.24) is 0 Å². The van der Waals surface area contributed by atoms with E-state index in [1.165, 1.54) is 0 Å². The highest BCUT2D eigenvalue weighted by Gasteiger charge is 2.46. The van der Waals surface area contributed by atoms with E-state index in [2.05, 4.69) is 0 Å². The molecule has 5 heteroatoms. The van der Waals surface area contributed by atoms with Crippen molar-refractivity contribution in [2.45, 2.75) is 59.5 Å². The quantitative estimate of drug-likeness (QED) is 0.849. The molecule has 1 atom stereocenters. The number of rotatable bonds is 3. The average molecular weight is 332 g/mol. The van der Waals surface area contributed by atoms with E-state index in [4.69, 9.17) is 4.74 Å². The highest BCUT2D eigenvalue weighted by molar-refractivity contribution is 6.14. The van der Waals surface area contributed by atoms with Gasteiger partial charge in [-0.1, -0.05) is 26.8 Å². The summed E-state index contributed by atoms with van der Waals surface area (Å²) in [4.78, 5) is 29.5. The van der Waals surface area contributed by atoms with Crippen LogP contribution in [-0.4, -0.2) is 30.5 Å². The molecule has 0 spiro atoms. The van der Waals surface area contributed by atoms with E-state index in [1.54, 1.807) is 16.9 Å². The number of anilines is 2. The molecule has 0 bridgehead atoms. The van der Waals surface area contributed by atoms with Gasteiger partial charge in [0.05, 0.1) is 12.8 Å². The molecule has 132 valence electrons. The minimum atomic E-state index is -0.503. The monoisotopic (exact) mass is 332 g/mol. The number of amides is 2. The highest BCUT2D eigenvalue weighted by Crippen LogP contribution is 2.46. The molecule has 0 aromatic heterocycles. The average Bonchev–Trinajstić information content (AvgIpc) is 2.50. The van der Waals surface area contributed by atoms with Gasteiger partial charge >= 0.3 is 0 Å². The van der Waals surface area contributed by atoms with Gasteiger partial charge in [-0.2, -0.15) is 0 Å². The molecule has 0 N–H and O–H groups in total. The molecule has 1 heterocycles. The molecule has 0 saturated carbocycles. The van der Waals surface area contributed by atoms with E-state index < -0.39 is 11.6 Å². The largest absolute Gasteiger partial charge is 0.494 e. The van der Waals surface area contributed by atoms with Crippen LogP contribution in [0.3, 0.4) is 0 Å². The summed E-state index contributed by atoms with van der Waals surface area (Å²) in [5.74, 6) is 0.505. The molecule has 1 aromatic rings. The zero-order valence-corrected chi connectivity index (χ0v) is 15.7. The number of carbonyl (C=O) groups excluding carboxylic acids is 2. The molecule has 0 saturated heterocycles. The lowest BCUT2D eigenvalue weighted by molar-refractivity contribution is -0.126.